The highest BCUT2D eigenvalue weighted by Crippen LogP contribution is 2.33. The topological polar surface area (TPSA) is 56.8 Å². The van der Waals surface area contributed by atoms with Gasteiger partial charge in [-0.1, -0.05) is 6.07 Å². The average molecular weight is 307 g/mol. The van der Waals surface area contributed by atoms with Gasteiger partial charge in [-0.3, -0.25) is 4.79 Å². The van der Waals surface area contributed by atoms with Gasteiger partial charge in [0.1, 0.15) is 6.61 Å². The van der Waals surface area contributed by atoms with Gasteiger partial charge in [0.15, 0.2) is 11.5 Å². The van der Waals surface area contributed by atoms with Crippen molar-refractivity contribution in [3.8, 4) is 11.5 Å². The third kappa shape index (κ3) is 4.37. The predicted molar refractivity (Wildman–Crippen MR) is 84.3 cm³/mol. The van der Waals surface area contributed by atoms with E-state index in [2.05, 4.69) is 5.32 Å². The van der Waals surface area contributed by atoms with Crippen molar-refractivity contribution < 1.29 is 19.0 Å². The molecule has 122 valence electrons. The van der Waals surface area contributed by atoms with Gasteiger partial charge in [-0.25, -0.2) is 0 Å². The number of benzene rings is 1. The molecule has 22 heavy (non-hydrogen) atoms. The Morgan fingerprint density at radius 3 is 2.64 bits per heavy atom. The minimum absolute atomic E-state index is 0.0599. The Balaban J connectivity index is 2.05. The smallest absolute Gasteiger partial charge is 0.246 e. The number of carbonyl (C=O) groups is 1. The number of hydrogen-bond acceptors (Lipinski definition) is 4. The van der Waals surface area contributed by atoms with E-state index in [9.17, 15) is 4.79 Å². The van der Waals surface area contributed by atoms with Crippen LogP contribution in [-0.4, -0.2) is 32.8 Å². The van der Waals surface area contributed by atoms with Gasteiger partial charge in [0.05, 0.1) is 19.3 Å². The Morgan fingerprint density at radius 1 is 1.27 bits per heavy atom. The van der Waals surface area contributed by atoms with Crippen LogP contribution >= 0.6 is 0 Å². The molecule has 0 radical (unpaired) electrons. The highest BCUT2D eigenvalue weighted by molar-refractivity contribution is 5.77. The quantitative estimate of drug-likeness (QED) is 0.841. The van der Waals surface area contributed by atoms with E-state index in [4.69, 9.17) is 14.2 Å². The molecule has 0 saturated heterocycles. The maximum absolute atomic E-state index is 11.6. The summed E-state index contributed by atoms with van der Waals surface area (Å²) in [7, 11) is 3.14. The number of ether oxygens (including phenoxy) is 3. The van der Waals surface area contributed by atoms with Crippen LogP contribution in [0.2, 0.25) is 0 Å². The van der Waals surface area contributed by atoms with Crippen molar-refractivity contribution in [1.29, 1.82) is 0 Å². The van der Waals surface area contributed by atoms with Crippen molar-refractivity contribution in [2.24, 2.45) is 0 Å². The maximum Gasteiger partial charge on any atom is 0.246 e. The molecular weight excluding hydrogens is 282 g/mol. The van der Waals surface area contributed by atoms with Crippen LogP contribution in [0.15, 0.2) is 18.2 Å². The summed E-state index contributed by atoms with van der Waals surface area (Å²) in [4.78, 5) is 11.6. The number of amides is 1. The summed E-state index contributed by atoms with van der Waals surface area (Å²) in [6, 6.07) is 5.69. The van der Waals surface area contributed by atoms with Crippen LogP contribution < -0.4 is 14.8 Å². The van der Waals surface area contributed by atoms with E-state index in [1.807, 2.05) is 25.1 Å². The van der Waals surface area contributed by atoms with Gasteiger partial charge < -0.3 is 19.5 Å². The standard InChI is InChI=1S/C17H25NO4/c1-12(18-17(19)11-20-2)13-8-9-15(16(10-13)21-3)22-14-6-4-5-7-14/h8-10,12,14H,4-7,11H2,1-3H3,(H,18,19)/t12-/m0/s1. The van der Waals surface area contributed by atoms with Gasteiger partial charge >= 0.3 is 0 Å². The molecular formula is C17H25NO4. The molecule has 5 nitrogen and oxygen atoms in total. The van der Waals surface area contributed by atoms with Crippen molar-refractivity contribution in [2.75, 3.05) is 20.8 Å². The molecule has 1 aliphatic carbocycles. The molecule has 1 N–H and O–H groups in total. The fraction of sp³-hybridized carbons (Fsp3) is 0.588. The number of methoxy groups -OCH3 is 2. The first-order valence-corrected chi connectivity index (χ1v) is 7.77. The van der Waals surface area contributed by atoms with Crippen LogP contribution in [0, 0.1) is 0 Å². The second-order valence-electron chi connectivity index (χ2n) is 5.66. The van der Waals surface area contributed by atoms with Gasteiger partial charge in [-0.15, -0.1) is 0 Å². The molecule has 0 aliphatic heterocycles. The van der Waals surface area contributed by atoms with Crippen LogP contribution in [0.3, 0.4) is 0 Å². The van der Waals surface area contributed by atoms with Crippen molar-refractivity contribution in [1.82, 2.24) is 5.32 Å². The van der Waals surface area contributed by atoms with E-state index in [-0.39, 0.29) is 18.6 Å². The second-order valence-corrected chi connectivity index (χ2v) is 5.66. The summed E-state index contributed by atoms with van der Waals surface area (Å²) in [5, 5.41) is 2.88. The molecule has 1 amide bonds. The predicted octanol–water partition coefficient (Wildman–Crippen LogP) is 2.84. The van der Waals surface area contributed by atoms with Crippen LogP contribution in [-0.2, 0) is 9.53 Å². The highest BCUT2D eigenvalue weighted by Gasteiger charge is 2.19. The Kier molecular flexibility index (Phi) is 6.07. The molecule has 0 heterocycles. The number of hydrogen-bond donors (Lipinski definition) is 1. The molecule has 1 fully saturated rings. The summed E-state index contributed by atoms with van der Waals surface area (Å²) in [5.74, 6) is 1.34. The minimum Gasteiger partial charge on any atom is -0.493 e. The van der Waals surface area contributed by atoms with Crippen molar-refractivity contribution in [3.05, 3.63) is 23.8 Å². The van der Waals surface area contributed by atoms with Crippen molar-refractivity contribution in [2.45, 2.75) is 44.8 Å². The zero-order valence-electron chi connectivity index (χ0n) is 13.6. The van der Waals surface area contributed by atoms with E-state index in [0.717, 1.165) is 24.2 Å². The monoisotopic (exact) mass is 307 g/mol. The van der Waals surface area contributed by atoms with E-state index in [0.29, 0.717) is 11.9 Å². The summed E-state index contributed by atoms with van der Waals surface area (Å²) in [6.45, 7) is 1.99. The van der Waals surface area contributed by atoms with E-state index >= 15 is 0 Å². The second kappa shape index (κ2) is 8.03. The molecule has 0 unspecified atom stereocenters. The zero-order chi connectivity index (χ0) is 15.9. The van der Waals surface area contributed by atoms with Crippen LogP contribution in [0.1, 0.15) is 44.2 Å². The molecule has 0 aromatic heterocycles. The number of carbonyl (C=O) groups excluding carboxylic acids is 1. The normalized spacial score (nSPS) is 16.3. The first kappa shape index (κ1) is 16.6. The van der Waals surface area contributed by atoms with Gasteiger partial charge in [0, 0.05) is 7.11 Å². The Labute approximate surface area is 131 Å². The van der Waals surface area contributed by atoms with Gasteiger partial charge in [0.25, 0.3) is 0 Å². The number of nitrogens with one attached hydrogen (secondary N) is 1. The summed E-state index contributed by atoms with van der Waals surface area (Å²) in [6.07, 6.45) is 4.96. The van der Waals surface area contributed by atoms with Gasteiger partial charge in [-0.2, -0.15) is 0 Å². The van der Waals surface area contributed by atoms with Crippen LogP contribution in [0.25, 0.3) is 0 Å². The lowest BCUT2D eigenvalue weighted by Crippen LogP contribution is -2.29. The molecule has 1 atom stereocenters. The minimum atomic E-state index is -0.139. The Hall–Kier alpha value is -1.75. The first-order valence-electron chi connectivity index (χ1n) is 7.77. The van der Waals surface area contributed by atoms with Gasteiger partial charge in [-0.05, 0) is 50.3 Å². The largest absolute Gasteiger partial charge is 0.493 e. The fourth-order valence-corrected chi connectivity index (χ4v) is 2.73. The summed E-state index contributed by atoms with van der Waals surface area (Å²) < 4.78 is 16.3. The molecule has 0 spiro atoms. The van der Waals surface area contributed by atoms with Gasteiger partial charge in [0.2, 0.25) is 5.91 Å². The fourth-order valence-electron chi connectivity index (χ4n) is 2.73. The summed E-state index contributed by atoms with van der Waals surface area (Å²) >= 11 is 0. The first-order chi connectivity index (χ1) is 10.6. The Morgan fingerprint density at radius 2 is 2.00 bits per heavy atom. The molecule has 5 heteroatoms. The van der Waals surface area contributed by atoms with E-state index in [1.54, 1.807) is 7.11 Å². The third-order valence-electron chi connectivity index (χ3n) is 3.94. The van der Waals surface area contributed by atoms with Crippen LogP contribution in [0.5, 0.6) is 11.5 Å². The van der Waals surface area contributed by atoms with E-state index in [1.165, 1.54) is 20.0 Å². The molecule has 2 rings (SSSR count). The highest BCUT2D eigenvalue weighted by atomic mass is 16.5. The van der Waals surface area contributed by atoms with Crippen molar-refractivity contribution >= 4 is 5.91 Å². The zero-order valence-corrected chi connectivity index (χ0v) is 13.6. The number of rotatable bonds is 7. The molecule has 0 bridgehead atoms. The summed E-state index contributed by atoms with van der Waals surface area (Å²) in [5.41, 5.74) is 0.972. The third-order valence-corrected chi connectivity index (χ3v) is 3.94. The van der Waals surface area contributed by atoms with Crippen LogP contribution in [0.4, 0.5) is 0 Å². The molecule has 1 saturated carbocycles. The van der Waals surface area contributed by atoms with Crippen molar-refractivity contribution in [3.63, 3.8) is 0 Å². The molecule has 1 aromatic carbocycles. The lowest BCUT2D eigenvalue weighted by molar-refractivity contribution is -0.125. The Bertz CT molecular complexity index is 497. The SMILES string of the molecule is COCC(=O)N[C@@H](C)c1ccc(OC2CCCC2)c(OC)c1. The lowest BCUT2D eigenvalue weighted by Gasteiger charge is -2.19. The lowest BCUT2D eigenvalue weighted by atomic mass is 10.1. The van der Waals surface area contributed by atoms with E-state index < -0.39 is 0 Å². The maximum atomic E-state index is 11.6. The molecule has 1 aliphatic rings. The average Bonchev–Trinajstić information content (AvgIpc) is 3.00. The molecule has 1 aromatic rings.